The van der Waals surface area contributed by atoms with Gasteiger partial charge in [-0.25, -0.2) is 0 Å². The smallest absolute Gasteiger partial charge is 0.315 e. The van der Waals surface area contributed by atoms with Gasteiger partial charge in [-0.15, -0.1) is 0 Å². The molecule has 5 N–H and O–H groups in total. The van der Waals surface area contributed by atoms with Crippen molar-refractivity contribution in [2.45, 2.75) is 142 Å². The van der Waals surface area contributed by atoms with Crippen molar-refractivity contribution in [2.24, 2.45) is 11.7 Å². The third kappa shape index (κ3) is 11.4. The average molecular weight is 688 g/mol. The standard InChI is InChI=1S/C36H61N5O6Si/c1-9-11-21-48(22-12-10-2,36(6,7)8)47-35(46)28(23-27-17-14-13-15-18-27)39-33(44)29-19-16-20-41(29)34(45)31(25(3)4)40-32(43)26(5)38-30(42)24-37/h13-15,17-18,25-26,28-29,31H,9-12,16,19-24,37H2,1-8H3,(H,38,42)(H,39,44)(H,40,43)/t26-,28-,29-,31-/m0/s1. The first-order chi connectivity index (χ1) is 22.6. The number of carbonyl (C=O) groups excluding carboxylic acids is 5. The van der Waals surface area contributed by atoms with Crippen LogP contribution in [0.1, 0.15) is 99.5 Å². The lowest BCUT2D eigenvalue weighted by atomic mass is 10.0. The van der Waals surface area contributed by atoms with Crippen LogP contribution in [0.2, 0.25) is 17.1 Å². The molecule has 1 aromatic carbocycles. The van der Waals surface area contributed by atoms with Crippen LogP contribution in [0.25, 0.3) is 0 Å². The second-order valence-electron chi connectivity index (χ2n) is 14.5. The van der Waals surface area contributed by atoms with Crippen molar-refractivity contribution in [3.63, 3.8) is 0 Å². The highest BCUT2D eigenvalue weighted by Crippen LogP contribution is 2.44. The molecule has 2 rings (SSSR count). The Morgan fingerprint density at radius 2 is 1.56 bits per heavy atom. The van der Waals surface area contributed by atoms with Gasteiger partial charge in [0, 0.05) is 13.0 Å². The topological polar surface area (TPSA) is 160 Å². The highest BCUT2D eigenvalue weighted by Gasteiger charge is 2.49. The van der Waals surface area contributed by atoms with Gasteiger partial charge in [0.25, 0.3) is 8.32 Å². The number of carbonyl (C=O) groups is 5. The Hall–Kier alpha value is -3.25. The van der Waals surface area contributed by atoms with Gasteiger partial charge in [0.2, 0.25) is 23.6 Å². The Labute approximate surface area is 289 Å². The van der Waals surface area contributed by atoms with Gasteiger partial charge in [-0.2, -0.15) is 0 Å². The van der Waals surface area contributed by atoms with Gasteiger partial charge in [0.15, 0.2) is 0 Å². The summed E-state index contributed by atoms with van der Waals surface area (Å²) in [7, 11) is -2.60. The molecule has 0 radical (unpaired) electrons. The van der Waals surface area contributed by atoms with E-state index in [9.17, 15) is 24.0 Å². The number of nitrogens with two attached hydrogens (primary N) is 1. The molecule has 11 nitrogen and oxygen atoms in total. The van der Waals surface area contributed by atoms with E-state index in [1.165, 1.54) is 11.8 Å². The Morgan fingerprint density at radius 3 is 2.08 bits per heavy atom. The summed E-state index contributed by atoms with van der Waals surface area (Å²) in [5, 5.41) is 8.07. The molecule has 1 saturated heterocycles. The third-order valence-corrected chi connectivity index (χ3v) is 15.1. The van der Waals surface area contributed by atoms with Crippen LogP contribution in [0.3, 0.4) is 0 Å². The van der Waals surface area contributed by atoms with E-state index in [1.807, 2.05) is 44.2 Å². The van der Waals surface area contributed by atoms with Crippen molar-refractivity contribution in [1.82, 2.24) is 20.9 Å². The Morgan fingerprint density at radius 1 is 0.958 bits per heavy atom. The molecule has 1 fully saturated rings. The maximum absolute atomic E-state index is 14.2. The predicted octanol–water partition coefficient (Wildman–Crippen LogP) is 4.20. The summed E-state index contributed by atoms with van der Waals surface area (Å²) < 4.78 is 6.67. The Bertz CT molecular complexity index is 1210. The van der Waals surface area contributed by atoms with Crippen LogP contribution in [-0.4, -0.2) is 80.1 Å². The lowest BCUT2D eigenvalue weighted by Crippen LogP contribution is -2.59. The van der Waals surface area contributed by atoms with Crippen molar-refractivity contribution in [3.05, 3.63) is 35.9 Å². The quantitative estimate of drug-likeness (QED) is 0.168. The third-order valence-electron chi connectivity index (χ3n) is 9.44. The molecule has 0 bridgehead atoms. The zero-order chi connectivity index (χ0) is 36.1. The van der Waals surface area contributed by atoms with Gasteiger partial charge in [0.05, 0.1) is 6.54 Å². The number of nitrogens with zero attached hydrogens (tertiary/aromatic N) is 1. The van der Waals surface area contributed by atoms with Gasteiger partial charge in [-0.05, 0) is 48.4 Å². The molecule has 0 unspecified atom stereocenters. The molecule has 0 aliphatic carbocycles. The fourth-order valence-corrected chi connectivity index (χ4v) is 10.9. The van der Waals surface area contributed by atoms with Gasteiger partial charge >= 0.3 is 5.97 Å². The number of hydrogen-bond acceptors (Lipinski definition) is 7. The molecule has 4 amide bonds. The largest absolute Gasteiger partial charge is 0.517 e. The van der Waals surface area contributed by atoms with E-state index in [0.29, 0.717) is 19.4 Å². The second kappa shape index (κ2) is 19.1. The molecule has 4 atom stereocenters. The van der Waals surface area contributed by atoms with Crippen molar-refractivity contribution >= 4 is 37.9 Å². The van der Waals surface area contributed by atoms with Crippen molar-refractivity contribution in [3.8, 4) is 0 Å². The molecule has 0 spiro atoms. The molecule has 1 aromatic rings. The maximum Gasteiger partial charge on any atom is 0.315 e. The predicted molar refractivity (Wildman–Crippen MR) is 191 cm³/mol. The molecular weight excluding hydrogens is 627 g/mol. The van der Waals surface area contributed by atoms with E-state index in [4.69, 9.17) is 10.2 Å². The highest BCUT2D eigenvalue weighted by atomic mass is 28.4. The van der Waals surface area contributed by atoms with Gasteiger partial charge in [-0.1, -0.05) is 104 Å². The summed E-state index contributed by atoms with van der Waals surface area (Å²) in [6.07, 6.45) is 5.25. The number of benzene rings is 1. The van der Waals surface area contributed by atoms with Crippen LogP contribution in [0.4, 0.5) is 0 Å². The van der Waals surface area contributed by atoms with E-state index < -0.39 is 56.2 Å². The van der Waals surface area contributed by atoms with Crippen LogP contribution in [0.15, 0.2) is 30.3 Å². The minimum absolute atomic E-state index is 0.191. The maximum atomic E-state index is 14.2. The van der Waals surface area contributed by atoms with Gasteiger partial charge < -0.3 is 31.0 Å². The fraction of sp³-hybridized carbons (Fsp3) is 0.694. The van der Waals surface area contributed by atoms with Crippen LogP contribution < -0.4 is 21.7 Å². The molecule has 270 valence electrons. The monoisotopic (exact) mass is 687 g/mol. The molecular formula is C36H61N5O6Si. The lowest BCUT2D eigenvalue weighted by Gasteiger charge is -2.42. The number of nitrogens with one attached hydrogen (secondary N) is 3. The lowest BCUT2D eigenvalue weighted by molar-refractivity contribution is -0.145. The SMILES string of the molecule is CCCC[Si](CCCC)(OC(=O)[C@H](Cc1ccccc1)NC(=O)[C@@H]1CCCN1C(=O)[C@@H](NC(=O)[C@H](C)NC(=O)CN)C(C)C)C(C)(C)C. The van der Waals surface area contributed by atoms with Crippen LogP contribution in [-0.2, 0) is 34.8 Å². The summed E-state index contributed by atoms with van der Waals surface area (Å²) in [4.78, 5) is 68.2. The zero-order valence-corrected chi connectivity index (χ0v) is 31.5. The number of amides is 4. The Balaban J connectivity index is 2.35. The molecule has 0 aromatic heterocycles. The second-order valence-corrected chi connectivity index (χ2v) is 19.2. The number of rotatable bonds is 18. The summed E-state index contributed by atoms with van der Waals surface area (Å²) in [6.45, 7) is 16.0. The van der Waals surface area contributed by atoms with Gasteiger partial charge in [0.1, 0.15) is 24.2 Å². The summed E-state index contributed by atoms with van der Waals surface area (Å²) >= 11 is 0. The average Bonchev–Trinajstić information content (AvgIpc) is 3.54. The van der Waals surface area contributed by atoms with Crippen LogP contribution in [0.5, 0.6) is 0 Å². The first-order valence-electron chi connectivity index (χ1n) is 17.8. The molecule has 1 aliphatic rings. The summed E-state index contributed by atoms with van der Waals surface area (Å²) in [6, 6.07) is 7.75. The van der Waals surface area contributed by atoms with E-state index in [2.05, 4.69) is 50.6 Å². The van der Waals surface area contributed by atoms with E-state index >= 15 is 0 Å². The minimum Gasteiger partial charge on any atom is -0.517 e. The van der Waals surface area contributed by atoms with E-state index in [0.717, 1.165) is 43.3 Å². The highest BCUT2D eigenvalue weighted by molar-refractivity contribution is 6.78. The molecule has 1 heterocycles. The Kier molecular flexibility index (Phi) is 16.3. The molecule has 0 saturated carbocycles. The number of likely N-dealkylation sites (tertiary alicyclic amines) is 1. The van der Waals surface area contributed by atoms with E-state index in [1.54, 1.807) is 0 Å². The van der Waals surface area contributed by atoms with Crippen molar-refractivity contribution in [1.29, 1.82) is 0 Å². The van der Waals surface area contributed by atoms with E-state index in [-0.39, 0.29) is 29.8 Å². The van der Waals surface area contributed by atoms with Gasteiger partial charge in [-0.3, -0.25) is 24.0 Å². The molecule has 12 heteroatoms. The van der Waals surface area contributed by atoms with Crippen LogP contribution in [0, 0.1) is 5.92 Å². The number of hydrogen-bond donors (Lipinski definition) is 4. The summed E-state index contributed by atoms with van der Waals surface area (Å²) in [5.41, 5.74) is 6.25. The minimum atomic E-state index is -2.60. The van der Waals surface area contributed by atoms with Crippen molar-refractivity contribution < 1.29 is 28.4 Å². The summed E-state index contributed by atoms with van der Waals surface area (Å²) in [5.74, 6) is -2.51. The number of unbranched alkanes of at least 4 members (excludes halogenated alkanes) is 2. The first-order valence-corrected chi connectivity index (χ1v) is 20.1. The molecule has 48 heavy (non-hydrogen) atoms. The van der Waals surface area contributed by atoms with Crippen LogP contribution >= 0.6 is 0 Å². The van der Waals surface area contributed by atoms with Crippen molar-refractivity contribution in [2.75, 3.05) is 13.1 Å². The fourth-order valence-electron chi connectivity index (χ4n) is 6.27. The molecule has 1 aliphatic heterocycles. The first kappa shape index (κ1) is 40.9. The normalized spacial score (nSPS) is 17.0. The zero-order valence-electron chi connectivity index (χ0n) is 30.5.